The number of benzene rings is 2. The maximum absolute atomic E-state index is 13.2. The summed E-state index contributed by atoms with van der Waals surface area (Å²) in [6, 6.07) is 15.6. The van der Waals surface area contributed by atoms with Crippen molar-refractivity contribution in [3.63, 3.8) is 0 Å². The van der Waals surface area contributed by atoms with Gasteiger partial charge in [-0.05, 0) is 53.9 Å². The van der Waals surface area contributed by atoms with E-state index in [1.165, 1.54) is 17.0 Å². The van der Waals surface area contributed by atoms with Crippen molar-refractivity contribution in [2.45, 2.75) is 12.5 Å². The molecule has 3 aromatic rings. The molecule has 1 aliphatic rings. The number of hydrogen-bond acceptors (Lipinski definition) is 4. The molecule has 5 nitrogen and oxygen atoms in total. The van der Waals surface area contributed by atoms with Crippen LogP contribution in [-0.2, 0) is 16.0 Å². The third-order valence-electron chi connectivity index (χ3n) is 5.23. The van der Waals surface area contributed by atoms with Gasteiger partial charge in [-0.2, -0.15) is 0 Å². The molecule has 1 atom stereocenters. The molecule has 7 heteroatoms. The third-order valence-corrected chi connectivity index (χ3v) is 5.76. The van der Waals surface area contributed by atoms with Crippen LogP contribution in [0.3, 0.4) is 0 Å². The van der Waals surface area contributed by atoms with E-state index < -0.39 is 17.7 Å². The molecule has 0 saturated carbocycles. The number of likely N-dealkylation sites (tertiary alicyclic amines) is 1. The first kappa shape index (κ1) is 20.9. The van der Waals surface area contributed by atoms with Crippen molar-refractivity contribution in [1.82, 2.24) is 9.88 Å². The van der Waals surface area contributed by atoms with Gasteiger partial charge >= 0.3 is 0 Å². The Morgan fingerprint density at radius 1 is 1.00 bits per heavy atom. The summed E-state index contributed by atoms with van der Waals surface area (Å²) < 4.78 is 14.0. The number of aromatic nitrogens is 1. The van der Waals surface area contributed by atoms with Crippen LogP contribution < -0.4 is 0 Å². The molecule has 1 fully saturated rings. The Bertz CT molecular complexity index is 1150. The summed E-state index contributed by atoms with van der Waals surface area (Å²) in [5, 5.41) is 11.0. The highest BCUT2D eigenvalue weighted by atomic mass is 79.9. The molecule has 0 radical (unpaired) electrons. The predicted molar refractivity (Wildman–Crippen MR) is 117 cm³/mol. The summed E-state index contributed by atoms with van der Waals surface area (Å²) in [7, 11) is 0. The van der Waals surface area contributed by atoms with Gasteiger partial charge in [0.15, 0.2) is 0 Å². The highest BCUT2D eigenvalue weighted by molar-refractivity contribution is 9.10. The number of hydrogen-bond donors (Lipinski definition) is 1. The number of Topliss-reactive ketones (excluding diaryl/α,β-unsaturated/α-hetero) is 1. The van der Waals surface area contributed by atoms with E-state index in [9.17, 15) is 19.1 Å². The Morgan fingerprint density at radius 2 is 1.65 bits per heavy atom. The Morgan fingerprint density at radius 3 is 2.29 bits per heavy atom. The smallest absolute Gasteiger partial charge is 0.295 e. The van der Waals surface area contributed by atoms with E-state index in [-0.39, 0.29) is 23.7 Å². The van der Waals surface area contributed by atoms with Crippen molar-refractivity contribution in [3.05, 3.63) is 106 Å². The second-order valence-corrected chi connectivity index (χ2v) is 8.07. The SMILES string of the molecule is O=C1C(=O)N(CCc2ccc(F)cc2)C(c2ccncc2)/C1=C(/O)c1ccc(Br)cc1. The summed E-state index contributed by atoms with van der Waals surface area (Å²) >= 11 is 3.35. The summed E-state index contributed by atoms with van der Waals surface area (Å²) in [4.78, 5) is 31.3. The minimum atomic E-state index is -0.743. The lowest BCUT2D eigenvalue weighted by Crippen LogP contribution is -2.31. The summed E-state index contributed by atoms with van der Waals surface area (Å²) in [6.07, 6.45) is 3.59. The molecule has 1 aliphatic heterocycles. The highest BCUT2D eigenvalue weighted by Crippen LogP contribution is 2.39. The van der Waals surface area contributed by atoms with Crippen LogP contribution in [0.15, 0.2) is 83.1 Å². The van der Waals surface area contributed by atoms with E-state index in [2.05, 4.69) is 20.9 Å². The van der Waals surface area contributed by atoms with Crippen LogP contribution in [0.5, 0.6) is 0 Å². The Hall–Kier alpha value is -3.32. The average molecular weight is 481 g/mol. The van der Waals surface area contributed by atoms with E-state index in [1.807, 2.05) is 0 Å². The fourth-order valence-corrected chi connectivity index (χ4v) is 3.93. The zero-order valence-corrected chi connectivity index (χ0v) is 17.9. The van der Waals surface area contributed by atoms with Crippen molar-refractivity contribution in [2.24, 2.45) is 0 Å². The maximum Gasteiger partial charge on any atom is 0.295 e. The van der Waals surface area contributed by atoms with Gasteiger partial charge in [0.05, 0.1) is 11.6 Å². The third kappa shape index (κ3) is 4.27. The molecule has 1 amide bonds. The quantitative estimate of drug-likeness (QED) is 0.327. The van der Waals surface area contributed by atoms with Gasteiger partial charge in [-0.25, -0.2) is 4.39 Å². The van der Waals surface area contributed by atoms with E-state index >= 15 is 0 Å². The first-order valence-electron chi connectivity index (χ1n) is 9.64. The monoisotopic (exact) mass is 480 g/mol. The van der Waals surface area contributed by atoms with Gasteiger partial charge in [-0.3, -0.25) is 14.6 Å². The number of ketones is 1. The molecule has 0 bridgehead atoms. The molecule has 1 unspecified atom stereocenters. The number of nitrogens with zero attached hydrogens (tertiary/aromatic N) is 2. The van der Waals surface area contributed by atoms with Gasteiger partial charge in [0, 0.05) is 29.0 Å². The Labute approximate surface area is 187 Å². The molecule has 2 heterocycles. The van der Waals surface area contributed by atoms with Crippen LogP contribution >= 0.6 is 15.9 Å². The highest BCUT2D eigenvalue weighted by Gasteiger charge is 2.45. The second-order valence-electron chi connectivity index (χ2n) is 7.16. The number of halogens is 2. The standard InChI is InChI=1S/C24H18BrFN2O3/c25-18-5-3-17(4-6-18)22(29)20-21(16-9-12-27-13-10-16)28(24(31)23(20)30)14-11-15-1-7-19(26)8-2-15/h1-10,12-13,21,29H,11,14H2/b22-20-. The molecule has 0 aliphatic carbocycles. The number of aliphatic hydroxyl groups excluding tert-OH is 1. The van der Waals surface area contributed by atoms with Gasteiger partial charge in [0.1, 0.15) is 11.6 Å². The topological polar surface area (TPSA) is 70.5 Å². The first-order valence-corrected chi connectivity index (χ1v) is 10.4. The van der Waals surface area contributed by atoms with Crippen LogP contribution in [0.2, 0.25) is 0 Å². The fraction of sp³-hybridized carbons (Fsp3) is 0.125. The molecule has 156 valence electrons. The van der Waals surface area contributed by atoms with Gasteiger partial charge in [0.2, 0.25) is 0 Å². The average Bonchev–Trinajstić information content (AvgIpc) is 3.04. The lowest BCUT2D eigenvalue weighted by molar-refractivity contribution is -0.139. The van der Waals surface area contributed by atoms with Gasteiger partial charge in [-0.15, -0.1) is 0 Å². The second kappa shape index (κ2) is 8.81. The van der Waals surface area contributed by atoms with Crippen molar-refractivity contribution in [1.29, 1.82) is 0 Å². The minimum absolute atomic E-state index is 0.0395. The lowest BCUT2D eigenvalue weighted by Gasteiger charge is -2.25. The largest absolute Gasteiger partial charge is 0.507 e. The summed E-state index contributed by atoms with van der Waals surface area (Å²) in [5.41, 5.74) is 1.99. The number of rotatable bonds is 5. The molecule has 31 heavy (non-hydrogen) atoms. The molecular weight excluding hydrogens is 463 g/mol. The predicted octanol–water partition coefficient (Wildman–Crippen LogP) is 4.65. The van der Waals surface area contributed by atoms with Crippen LogP contribution in [0.4, 0.5) is 4.39 Å². The van der Waals surface area contributed by atoms with E-state index in [1.54, 1.807) is 60.9 Å². The zero-order chi connectivity index (χ0) is 22.0. The van der Waals surface area contributed by atoms with E-state index in [0.29, 0.717) is 17.5 Å². The maximum atomic E-state index is 13.2. The van der Waals surface area contributed by atoms with Crippen molar-refractivity contribution >= 4 is 33.4 Å². The fourth-order valence-electron chi connectivity index (χ4n) is 3.67. The molecule has 0 spiro atoms. The number of aliphatic hydroxyl groups is 1. The molecular formula is C24H18BrFN2O3. The number of amides is 1. The molecule has 4 rings (SSSR count). The minimum Gasteiger partial charge on any atom is -0.507 e. The normalized spacial score (nSPS) is 17.9. The Kier molecular flexibility index (Phi) is 5.95. The molecule has 1 aromatic heterocycles. The molecule has 2 aromatic carbocycles. The molecule has 1 saturated heterocycles. The number of carbonyl (C=O) groups excluding carboxylic acids is 2. The van der Waals surface area contributed by atoms with Gasteiger partial charge in [0.25, 0.3) is 11.7 Å². The van der Waals surface area contributed by atoms with Crippen LogP contribution in [-0.4, -0.2) is 33.2 Å². The van der Waals surface area contributed by atoms with E-state index in [0.717, 1.165) is 10.0 Å². The van der Waals surface area contributed by atoms with Crippen molar-refractivity contribution in [2.75, 3.05) is 6.54 Å². The van der Waals surface area contributed by atoms with Crippen LogP contribution in [0.25, 0.3) is 5.76 Å². The summed E-state index contributed by atoms with van der Waals surface area (Å²) in [5.74, 6) is -1.98. The van der Waals surface area contributed by atoms with Crippen LogP contribution in [0, 0.1) is 5.82 Å². The van der Waals surface area contributed by atoms with Crippen LogP contribution in [0.1, 0.15) is 22.7 Å². The lowest BCUT2D eigenvalue weighted by atomic mass is 9.96. The van der Waals surface area contributed by atoms with Gasteiger partial charge < -0.3 is 10.0 Å². The Balaban J connectivity index is 1.74. The molecule has 1 N–H and O–H groups in total. The van der Waals surface area contributed by atoms with Crippen molar-refractivity contribution in [3.8, 4) is 0 Å². The number of carbonyl (C=O) groups is 2. The van der Waals surface area contributed by atoms with Gasteiger partial charge in [-0.1, -0.05) is 40.2 Å². The first-order chi connectivity index (χ1) is 15.0. The number of pyridine rings is 1. The van der Waals surface area contributed by atoms with E-state index in [4.69, 9.17) is 0 Å². The van der Waals surface area contributed by atoms with Crippen molar-refractivity contribution < 1.29 is 19.1 Å². The zero-order valence-electron chi connectivity index (χ0n) is 16.3. The summed E-state index contributed by atoms with van der Waals surface area (Å²) in [6.45, 7) is 0.236.